The zero-order valence-corrected chi connectivity index (χ0v) is 55.2. The second-order valence-corrected chi connectivity index (χ2v) is 25.0. The summed E-state index contributed by atoms with van der Waals surface area (Å²) in [6.45, 7) is 3.78. The molecule has 32 heteroatoms. The third-order valence-electron chi connectivity index (χ3n) is 16.0. The van der Waals surface area contributed by atoms with E-state index in [4.69, 9.17) is 34.4 Å². The van der Waals surface area contributed by atoms with E-state index in [1.165, 1.54) is 21.6 Å². The lowest BCUT2D eigenvalue weighted by Crippen LogP contribution is -2.60. The number of hydrogen-bond donors (Lipinski definition) is 15. The fourth-order valence-corrected chi connectivity index (χ4v) is 11.5. The molecule has 2 saturated heterocycles. The number of carbonyl (C=O) groups is 13. The number of thioether (sulfide) groups is 1. The maximum absolute atomic E-state index is 14.7. The van der Waals surface area contributed by atoms with Gasteiger partial charge in [0.05, 0.1) is 12.6 Å². The zero-order valence-electron chi connectivity index (χ0n) is 54.4. The lowest BCUT2D eigenvalue weighted by Gasteiger charge is -2.32. The Labute approximate surface area is 557 Å². The molecule has 0 aliphatic carbocycles. The van der Waals surface area contributed by atoms with Crippen LogP contribution in [0.5, 0.6) is 0 Å². The Bertz CT molecular complexity index is 2960. The van der Waals surface area contributed by atoms with Crippen molar-refractivity contribution in [1.82, 2.24) is 52.3 Å². The number of carbonyl (C=O) groups excluding carboxylic acids is 12. The number of carboxylic acids is 1. The van der Waals surface area contributed by atoms with Crippen LogP contribution in [0, 0.1) is 5.92 Å². The number of nitrogens with two attached hydrogens (primary N) is 6. The number of likely N-dealkylation sites (tertiary alicyclic amines) is 2. The average Bonchev–Trinajstić information content (AvgIpc) is 1.74. The van der Waals surface area contributed by atoms with Gasteiger partial charge in [-0.25, -0.2) is 4.79 Å². The van der Waals surface area contributed by atoms with Gasteiger partial charge in [0.2, 0.25) is 70.9 Å². The van der Waals surface area contributed by atoms with Gasteiger partial charge in [-0.05, 0) is 119 Å². The molecule has 2 fully saturated rings. The molecule has 4 rings (SSSR count). The number of guanidine groups is 1. The van der Waals surface area contributed by atoms with Crippen LogP contribution in [0.25, 0.3) is 0 Å². The Kier molecular flexibility index (Phi) is 33.9. The molecule has 0 radical (unpaired) electrons. The van der Waals surface area contributed by atoms with Gasteiger partial charge < -0.3 is 91.8 Å². The molecule has 31 nitrogen and oxygen atoms in total. The molecule has 524 valence electrons. The summed E-state index contributed by atoms with van der Waals surface area (Å²) in [5.74, 6) is -10.6. The Hall–Kier alpha value is -8.91. The summed E-state index contributed by atoms with van der Waals surface area (Å²) in [6, 6.07) is 4.12. The molecule has 0 bridgehead atoms. The van der Waals surface area contributed by atoms with Gasteiger partial charge in [-0.15, -0.1) is 0 Å². The lowest BCUT2D eigenvalue weighted by molar-refractivity contribution is -0.144. The largest absolute Gasteiger partial charge is 0.480 e. The summed E-state index contributed by atoms with van der Waals surface area (Å²) in [4.78, 5) is 184. The highest BCUT2D eigenvalue weighted by molar-refractivity contribution is 7.98. The fourth-order valence-electron chi connectivity index (χ4n) is 11.0. The first kappa shape index (κ1) is 78.5. The summed E-state index contributed by atoms with van der Waals surface area (Å²) >= 11 is 1.40. The number of benzene rings is 2. The Morgan fingerprint density at radius 2 is 1.03 bits per heavy atom. The number of hydrogen-bond acceptors (Lipinski definition) is 17. The number of carboxylic acid groups (broad SMARTS) is 1. The van der Waals surface area contributed by atoms with Crippen LogP contribution in [0.2, 0.25) is 0 Å². The number of aliphatic imine (C=N–C) groups is 1. The van der Waals surface area contributed by atoms with E-state index in [0.717, 1.165) is 0 Å². The van der Waals surface area contributed by atoms with E-state index in [0.29, 0.717) is 55.4 Å². The van der Waals surface area contributed by atoms with Gasteiger partial charge in [-0.1, -0.05) is 74.5 Å². The SMILES string of the molecule is CSCC[C@H](NC(=O)[C@@H](CC(C)C)NC(=O)CNC(=O)[C@H](Cc1ccccc1)NC(=O)[C@H](Cc1ccccc1)NC(=O)[C@H](CCC(N)=O)NC(=O)[C@@H](CCC(N)=O)NC(=O)[C@@H]1CCCN1C(=O)[C@H](CCCCN)NC(=O)[C@H]1CCCN1C(=O)[C@@H](N)CCCN=C(N)N)C(=O)O. The Morgan fingerprint density at radius 1 is 0.558 bits per heavy atom. The van der Waals surface area contributed by atoms with Gasteiger partial charge >= 0.3 is 5.97 Å². The first-order valence-electron chi connectivity index (χ1n) is 32.1. The molecular weight excluding hydrogens is 1250 g/mol. The quantitative estimate of drug-likeness (QED) is 0.0178. The second-order valence-electron chi connectivity index (χ2n) is 24.1. The number of amides is 12. The summed E-state index contributed by atoms with van der Waals surface area (Å²) in [6.07, 6.45) is 2.86. The number of aliphatic carboxylic acids is 1. The highest BCUT2D eigenvalue weighted by Gasteiger charge is 2.42. The molecule has 0 aromatic heterocycles. The Morgan fingerprint density at radius 3 is 1.53 bits per heavy atom. The normalized spacial score (nSPS) is 16.8. The molecule has 21 N–H and O–H groups in total. The fraction of sp³-hybridized carbons (Fsp3) is 0.587. The van der Waals surface area contributed by atoms with Crippen LogP contribution in [-0.4, -0.2) is 203 Å². The van der Waals surface area contributed by atoms with Gasteiger partial charge in [-0.2, -0.15) is 11.8 Å². The van der Waals surface area contributed by atoms with E-state index < -0.39 is 170 Å². The summed E-state index contributed by atoms with van der Waals surface area (Å²) in [5.41, 5.74) is 35.0. The molecule has 2 aromatic rings. The van der Waals surface area contributed by atoms with E-state index >= 15 is 0 Å². The van der Waals surface area contributed by atoms with Crippen molar-refractivity contribution in [2.45, 2.75) is 183 Å². The highest BCUT2D eigenvalue weighted by Crippen LogP contribution is 2.24. The number of rotatable bonds is 42. The predicted molar refractivity (Wildman–Crippen MR) is 354 cm³/mol. The van der Waals surface area contributed by atoms with Crippen molar-refractivity contribution in [3.63, 3.8) is 0 Å². The van der Waals surface area contributed by atoms with Crippen molar-refractivity contribution >= 4 is 94.6 Å². The number of primary amides is 2. The maximum Gasteiger partial charge on any atom is 0.326 e. The molecule has 10 atom stereocenters. The molecular formula is C63H97N17O14S. The topological polar surface area (TPSA) is 513 Å². The van der Waals surface area contributed by atoms with Crippen LogP contribution < -0.4 is 76.9 Å². The van der Waals surface area contributed by atoms with Crippen LogP contribution in [0.1, 0.15) is 121 Å². The van der Waals surface area contributed by atoms with Crippen molar-refractivity contribution in [1.29, 1.82) is 0 Å². The Balaban J connectivity index is 1.56. The minimum atomic E-state index is -1.65. The molecule has 2 aliphatic rings. The third-order valence-corrected chi connectivity index (χ3v) is 16.6. The molecule has 0 unspecified atom stereocenters. The molecule has 2 heterocycles. The summed E-state index contributed by atoms with van der Waals surface area (Å²) in [5, 5.41) is 30.6. The molecule has 2 aliphatic heterocycles. The predicted octanol–water partition coefficient (Wildman–Crippen LogP) is -3.11. The van der Waals surface area contributed by atoms with Crippen LogP contribution in [0.3, 0.4) is 0 Å². The van der Waals surface area contributed by atoms with E-state index in [9.17, 15) is 67.4 Å². The summed E-state index contributed by atoms with van der Waals surface area (Å²) in [7, 11) is 0. The van der Waals surface area contributed by atoms with E-state index in [-0.39, 0.29) is 83.0 Å². The maximum atomic E-state index is 14.7. The average molecular weight is 1350 g/mol. The molecule has 95 heavy (non-hydrogen) atoms. The monoisotopic (exact) mass is 1350 g/mol. The van der Waals surface area contributed by atoms with Crippen LogP contribution in [-0.2, 0) is 75.2 Å². The van der Waals surface area contributed by atoms with E-state index in [2.05, 4.69) is 47.5 Å². The zero-order chi connectivity index (χ0) is 70.1. The van der Waals surface area contributed by atoms with Crippen molar-refractivity contribution in [3.8, 4) is 0 Å². The van der Waals surface area contributed by atoms with Gasteiger partial charge in [-0.3, -0.25) is 62.5 Å². The van der Waals surface area contributed by atoms with Crippen molar-refractivity contribution < 1.29 is 67.4 Å². The molecule has 0 saturated carbocycles. The standard InChI is InChI=1S/C63H97N17O14S/c1-37(2)33-45(56(87)76-44(62(93)94)27-32-95-3)72-52(83)36-71-53(84)46(34-38-15-6-4-7-16-38)77-57(88)47(35-39-17-8-5-9-18-39)78-55(86)41(23-25-50(66)81)73-54(85)42(24-26-51(67)82)74-58(89)49-22-14-31-80(49)61(92)43(20-10-11-28-64)75-59(90)48-21-13-30-79(48)60(91)40(65)19-12-29-70-63(68)69/h4-9,15-18,37,40-49H,10-14,19-36,64-65H2,1-3H3,(H2,66,81)(H2,67,82)(H,71,84)(H,72,83)(H,73,85)(H,74,89)(H,75,90)(H,76,87)(H,77,88)(H,78,86)(H,93,94)(H4,68,69,70)/t40-,41-,42+,43-,44-,45+,46-,47-,48+,49-/m0/s1. The third kappa shape index (κ3) is 27.5. The highest BCUT2D eigenvalue weighted by atomic mass is 32.2. The van der Waals surface area contributed by atoms with Crippen molar-refractivity contribution in [3.05, 3.63) is 71.8 Å². The van der Waals surface area contributed by atoms with Gasteiger partial charge in [0.1, 0.15) is 54.4 Å². The first-order valence-corrected chi connectivity index (χ1v) is 33.5. The first-order chi connectivity index (χ1) is 45.2. The molecule has 2 aromatic carbocycles. The summed E-state index contributed by atoms with van der Waals surface area (Å²) < 4.78 is 0. The van der Waals surface area contributed by atoms with Crippen LogP contribution in [0.15, 0.2) is 65.7 Å². The lowest BCUT2D eigenvalue weighted by atomic mass is 10.0. The van der Waals surface area contributed by atoms with Gasteiger partial charge in [0, 0.05) is 45.3 Å². The molecule has 0 spiro atoms. The number of nitrogens with one attached hydrogen (secondary N) is 8. The van der Waals surface area contributed by atoms with Gasteiger partial charge in [0.25, 0.3) is 0 Å². The van der Waals surface area contributed by atoms with Crippen molar-refractivity contribution in [2.75, 3.05) is 44.7 Å². The number of nitrogens with zero attached hydrogens (tertiary/aromatic N) is 3. The second kappa shape index (κ2) is 41.0. The van der Waals surface area contributed by atoms with E-state index in [1.54, 1.807) is 80.8 Å². The minimum Gasteiger partial charge on any atom is -0.480 e. The molecule has 12 amide bonds. The van der Waals surface area contributed by atoms with Crippen LogP contribution in [0.4, 0.5) is 0 Å². The van der Waals surface area contributed by atoms with E-state index in [1.807, 2.05) is 0 Å². The number of unbranched alkanes of at least 4 members (excludes halogenated alkanes) is 1. The smallest absolute Gasteiger partial charge is 0.326 e. The minimum absolute atomic E-state index is 0.0706. The van der Waals surface area contributed by atoms with Gasteiger partial charge in [0.15, 0.2) is 5.96 Å². The van der Waals surface area contributed by atoms with Crippen LogP contribution >= 0.6 is 11.8 Å². The van der Waals surface area contributed by atoms with Crippen molar-refractivity contribution in [2.24, 2.45) is 45.3 Å².